The molecule has 0 spiro atoms. The number of carbonyl (C=O) groups is 3. The number of benzene rings is 1. The summed E-state index contributed by atoms with van der Waals surface area (Å²) in [7, 11) is 0. The fourth-order valence-corrected chi connectivity index (χ4v) is 2.44. The third-order valence-corrected chi connectivity index (χ3v) is 3.48. The highest BCUT2D eigenvalue weighted by Crippen LogP contribution is 2.17. The van der Waals surface area contributed by atoms with Crippen molar-refractivity contribution < 1.29 is 19.5 Å². The Morgan fingerprint density at radius 1 is 1.15 bits per heavy atom. The number of carboxylic acid groups (broad SMARTS) is 1. The van der Waals surface area contributed by atoms with E-state index in [-0.39, 0.29) is 6.42 Å². The van der Waals surface area contributed by atoms with Gasteiger partial charge in [-0.2, -0.15) is 0 Å². The molecule has 0 N–H and O–H groups in total. The number of hydrogen-bond donors (Lipinski definition) is 0. The van der Waals surface area contributed by atoms with E-state index < -0.39 is 23.7 Å². The van der Waals surface area contributed by atoms with E-state index in [2.05, 4.69) is 0 Å². The van der Waals surface area contributed by atoms with Gasteiger partial charge in [-0.1, -0.05) is 30.3 Å². The van der Waals surface area contributed by atoms with Gasteiger partial charge < -0.3 is 14.8 Å². The number of carbonyl (C=O) groups excluding carboxylic acids is 3. The monoisotopic (exact) mass is 274 g/mol. The fourth-order valence-electron chi connectivity index (χ4n) is 2.44. The lowest BCUT2D eigenvalue weighted by atomic mass is 10.0. The van der Waals surface area contributed by atoms with Gasteiger partial charge in [0.05, 0.1) is 12.0 Å². The average Bonchev–Trinajstić information content (AvgIpc) is 2.47. The average molecular weight is 274 g/mol. The molecular weight excluding hydrogens is 258 g/mol. The second kappa shape index (κ2) is 6.32. The highest BCUT2D eigenvalue weighted by Gasteiger charge is 2.31. The van der Waals surface area contributed by atoms with Gasteiger partial charge in [0.2, 0.25) is 5.78 Å². The van der Waals surface area contributed by atoms with Gasteiger partial charge in [-0.05, 0) is 24.8 Å². The number of ketones is 1. The van der Waals surface area contributed by atoms with Crippen molar-refractivity contribution in [2.45, 2.75) is 31.7 Å². The SMILES string of the molecule is O=C(Cc1ccccc1)C(=O)N1CCCCC1C(=O)[O-]. The Morgan fingerprint density at radius 3 is 2.50 bits per heavy atom. The van der Waals surface area contributed by atoms with Crippen molar-refractivity contribution >= 4 is 17.7 Å². The first-order valence-corrected chi connectivity index (χ1v) is 6.68. The minimum atomic E-state index is -1.29. The van der Waals surface area contributed by atoms with Crippen molar-refractivity contribution in [3.05, 3.63) is 35.9 Å². The molecule has 1 heterocycles. The Hall–Kier alpha value is -2.17. The van der Waals surface area contributed by atoms with Crippen molar-refractivity contribution in [1.82, 2.24) is 4.90 Å². The zero-order valence-corrected chi connectivity index (χ0v) is 11.1. The number of carboxylic acids is 1. The molecule has 2 rings (SSSR count). The number of piperidine rings is 1. The molecule has 1 aromatic rings. The van der Waals surface area contributed by atoms with Gasteiger partial charge in [0, 0.05) is 13.0 Å². The fraction of sp³-hybridized carbons (Fsp3) is 0.400. The largest absolute Gasteiger partial charge is 0.548 e. The quantitative estimate of drug-likeness (QED) is 0.720. The van der Waals surface area contributed by atoms with Crippen LogP contribution in [0.5, 0.6) is 0 Å². The van der Waals surface area contributed by atoms with Crippen LogP contribution in [0, 0.1) is 0 Å². The van der Waals surface area contributed by atoms with E-state index in [1.165, 1.54) is 0 Å². The molecule has 1 fully saturated rings. The van der Waals surface area contributed by atoms with Crippen molar-refractivity contribution in [2.75, 3.05) is 6.54 Å². The predicted molar refractivity (Wildman–Crippen MR) is 69.5 cm³/mol. The molecule has 1 atom stereocenters. The van der Waals surface area contributed by atoms with Crippen LogP contribution in [-0.2, 0) is 20.8 Å². The summed E-state index contributed by atoms with van der Waals surface area (Å²) in [5, 5.41) is 11.0. The van der Waals surface area contributed by atoms with Gasteiger partial charge in [0.25, 0.3) is 5.91 Å². The van der Waals surface area contributed by atoms with E-state index in [1.54, 1.807) is 24.3 Å². The van der Waals surface area contributed by atoms with Crippen molar-refractivity contribution in [3.8, 4) is 0 Å². The minimum Gasteiger partial charge on any atom is -0.548 e. The molecule has 0 aliphatic carbocycles. The van der Waals surface area contributed by atoms with Gasteiger partial charge in [-0.15, -0.1) is 0 Å². The number of aliphatic carboxylic acids is 1. The molecule has 0 saturated carbocycles. The first-order chi connectivity index (χ1) is 9.59. The molecule has 0 radical (unpaired) electrons. The van der Waals surface area contributed by atoms with Crippen LogP contribution in [-0.4, -0.2) is 35.1 Å². The number of amides is 1. The van der Waals surface area contributed by atoms with Crippen LogP contribution in [0.2, 0.25) is 0 Å². The first kappa shape index (κ1) is 14.2. The molecule has 5 heteroatoms. The van der Waals surface area contributed by atoms with Crippen LogP contribution in [0.3, 0.4) is 0 Å². The van der Waals surface area contributed by atoms with Crippen LogP contribution in [0.1, 0.15) is 24.8 Å². The minimum absolute atomic E-state index is 0.00403. The highest BCUT2D eigenvalue weighted by molar-refractivity contribution is 6.36. The van der Waals surface area contributed by atoms with E-state index in [0.717, 1.165) is 16.9 Å². The van der Waals surface area contributed by atoms with Crippen molar-refractivity contribution in [3.63, 3.8) is 0 Å². The molecule has 106 valence electrons. The second-order valence-electron chi connectivity index (χ2n) is 4.91. The standard InChI is InChI=1S/C15H17NO4/c17-13(10-11-6-2-1-3-7-11)14(18)16-9-5-4-8-12(16)15(19)20/h1-3,6-7,12H,4-5,8-10H2,(H,19,20)/p-1. The molecule has 1 aromatic carbocycles. The number of rotatable bonds is 4. The summed E-state index contributed by atoms with van der Waals surface area (Å²) in [5.74, 6) is -2.59. The summed E-state index contributed by atoms with van der Waals surface area (Å²) >= 11 is 0. The van der Waals surface area contributed by atoms with Gasteiger partial charge in [0.15, 0.2) is 0 Å². The van der Waals surface area contributed by atoms with E-state index in [0.29, 0.717) is 19.4 Å². The van der Waals surface area contributed by atoms with E-state index in [1.807, 2.05) is 6.07 Å². The molecule has 5 nitrogen and oxygen atoms in total. The normalized spacial score (nSPS) is 18.6. The van der Waals surface area contributed by atoms with E-state index >= 15 is 0 Å². The number of hydrogen-bond acceptors (Lipinski definition) is 4. The summed E-state index contributed by atoms with van der Waals surface area (Å²) < 4.78 is 0. The Balaban J connectivity index is 2.05. The molecule has 1 aliphatic heterocycles. The summed E-state index contributed by atoms with van der Waals surface area (Å²) in [6.45, 7) is 0.304. The molecule has 1 aliphatic rings. The Labute approximate surface area is 117 Å². The van der Waals surface area contributed by atoms with Gasteiger partial charge in [-0.3, -0.25) is 9.59 Å². The maximum Gasteiger partial charge on any atom is 0.290 e. The molecular formula is C15H16NO4-. The van der Waals surface area contributed by atoms with Crippen LogP contribution in [0.4, 0.5) is 0 Å². The molecule has 0 bridgehead atoms. The number of likely N-dealkylation sites (tertiary alicyclic amines) is 1. The van der Waals surface area contributed by atoms with Crippen LogP contribution >= 0.6 is 0 Å². The number of nitrogens with zero attached hydrogens (tertiary/aromatic N) is 1. The third-order valence-electron chi connectivity index (χ3n) is 3.48. The van der Waals surface area contributed by atoms with Gasteiger partial charge >= 0.3 is 0 Å². The molecule has 1 amide bonds. The van der Waals surface area contributed by atoms with E-state index in [4.69, 9.17) is 0 Å². The summed E-state index contributed by atoms with van der Waals surface area (Å²) in [4.78, 5) is 36.3. The number of Topliss-reactive ketones (excluding diaryl/α,β-unsaturated/α-hetero) is 1. The summed E-state index contributed by atoms with van der Waals surface area (Å²) in [6.07, 6.45) is 1.80. The topological polar surface area (TPSA) is 77.5 Å². The maximum absolute atomic E-state index is 12.1. The second-order valence-corrected chi connectivity index (χ2v) is 4.91. The maximum atomic E-state index is 12.1. The molecule has 1 unspecified atom stereocenters. The Morgan fingerprint density at radius 2 is 1.85 bits per heavy atom. The molecule has 0 aromatic heterocycles. The lowest BCUT2D eigenvalue weighted by Crippen LogP contribution is -2.54. The first-order valence-electron chi connectivity index (χ1n) is 6.68. The van der Waals surface area contributed by atoms with Crippen molar-refractivity contribution in [2.24, 2.45) is 0 Å². The summed E-state index contributed by atoms with van der Waals surface area (Å²) in [6, 6.07) is 7.95. The molecule has 20 heavy (non-hydrogen) atoms. The summed E-state index contributed by atoms with van der Waals surface area (Å²) in [5.41, 5.74) is 0.743. The zero-order valence-electron chi connectivity index (χ0n) is 11.1. The van der Waals surface area contributed by atoms with Gasteiger partial charge in [0.1, 0.15) is 0 Å². The van der Waals surface area contributed by atoms with Crippen LogP contribution in [0.25, 0.3) is 0 Å². The van der Waals surface area contributed by atoms with Gasteiger partial charge in [-0.25, -0.2) is 0 Å². The highest BCUT2D eigenvalue weighted by atomic mass is 16.4. The van der Waals surface area contributed by atoms with Crippen LogP contribution < -0.4 is 5.11 Å². The third kappa shape index (κ3) is 3.23. The molecule has 1 saturated heterocycles. The lowest BCUT2D eigenvalue weighted by molar-refractivity contribution is -0.312. The van der Waals surface area contributed by atoms with Crippen LogP contribution in [0.15, 0.2) is 30.3 Å². The zero-order chi connectivity index (χ0) is 14.5. The lowest BCUT2D eigenvalue weighted by Gasteiger charge is -2.35. The smallest absolute Gasteiger partial charge is 0.290 e. The Kier molecular flexibility index (Phi) is 4.50. The predicted octanol–water partition coefficient (Wildman–Crippen LogP) is -0.0708. The van der Waals surface area contributed by atoms with Crippen molar-refractivity contribution in [1.29, 1.82) is 0 Å². The van der Waals surface area contributed by atoms with E-state index in [9.17, 15) is 19.5 Å². The Bertz CT molecular complexity index is 512.